The highest BCUT2D eigenvalue weighted by Crippen LogP contribution is 2.22. The molecule has 1 heterocycles. The molecule has 0 unspecified atom stereocenters. The summed E-state index contributed by atoms with van der Waals surface area (Å²) in [7, 11) is 1.81. The van der Waals surface area contributed by atoms with Crippen LogP contribution in [0.15, 0.2) is 28.7 Å². The Bertz CT molecular complexity index is 629. The quantitative estimate of drug-likeness (QED) is 0.925. The van der Waals surface area contributed by atoms with Crippen LogP contribution in [0.4, 0.5) is 5.69 Å². The summed E-state index contributed by atoms with van der Waals surface area (Å²) in [6, 6.07) is 7.88. The van der Waals surface area contributed by atoms with Crippen LogP contribution in [-0.4, -0.2) is 15.7 Å². The van der Waals surface area contributed by atoms with Gasteiger partial charge >= 0.3 is 0 Å². The monoisotopic (exact) mass is 335 g/mol. The van der Waals surface area contributed by atoms with E-state index in [4.69, 9.17) is 0 Å². The van der Waals surface area contributed by atoms with Gasteiger partial charge in [0.15, 0.2) is 5.69 Å². The lowest BCUT2D eigenvalue weighted by Gasteiger charge is -2.07. The average molecular weight is 336 g/mol. The number of aryl methyl sites for hydroxylation is 1. The highest BCUT2D eigenvalue weighted by molar-refractivity contribution is 9.10. The van der Waals surface area contributed by atoms with Gasteiger partial charge in [0, 0.05) is 12.7 Å². The fourth-order valence-electron chi connectivity index (χ4n) is 1.87. The summed E-state index contributed by atoms with van der Waals surface area (Å²) in [4.78, 5) is 12.2. The van der Waals surface area contributed by atoms with Crippen LogP contribution in [0.1, 0.15) is 41.5 Å². The zero-order chi connectivity index (χ0) is 14.9. The van der Waals surface area contributed by atoms with Crippen molar-refractivity contribution in [2.75, 3.05) is 5.32 Å². The number of carbonyl (C=O) groups is 1. The maximum absolute atomic E-state index is 12.2. The van der Waals surface area contributed by atoms with Crippen LogP contribution in [-0.2, 0) is 7.05 Å². The maximum Gasteiger partial charge on any atom is 0.277 e. The minimum absolute atomic E-state index is 0.210. The Kier molecular flexibility index (Phi) is 4.28. The van der Waals surface area contributed by atoms with Crippen LogP contribution < -0.4 is 5.32 Å². The molecule has 0 saturated heterocycles. The number of nitrogens with zero attached hydrogens (tertiary/aromatic N) is 2. The largest absolute Gasteiger partial charge is 0.321 e. The number of carbonyl (C=O) groups excluding carboxylic acids is 1. The van der Waals surface area contributed by atoms with Gasteiger partial charge in [-0.15, -0.1) is 0 Å². The number of halogens is 1. The Labute approximate surface area is 127 Å². The lowest BCUT2D eigenvalue weighted by atomic mass is 10.0. The smallest absolute Gasteiger partial charge is 0.277 e. The molecule has 0 aliphatic carbocycles. The van der Waals surface area contributed by atoms with Crippen LogP contribution >= 0.6 is 15.9 Å². The molecule has 0 saturated carbocycles. The van der Waals surface area contributed by atoms with Crippen LogP contribution in [0.5, 0.6) is 0 Å². The summed E-state index contributed by atoms with van der Waals surface area (Å²) >= 11 is 3.40. The third kappa shape index (κ3) is 2.93. The molecule has 1 N–H and O–H groups in total. The van der Waals surface area contributed by atoms with Gasteiger partial charge in [0.2, 0.25) is 0 Å². The number of rotatable bonds is 3. The molecule has 0 aliphatic heterocycles. The first-order chi connectivity index (χ1) is 9.40. The normalized spacial score (nSPS) is 10.9. The molecule has 0 radical (unpaired) electrons. The van der Waals surface area contributed by atoms with Crippen molar-refractivity contribution in [1.82, 2.24) is 9.78 Å². The Hall–Kier alpha value is -1.62. The van der Waals surface area contributed by atoms with Crippen molar-refractivity contribution in [1.29, 1.82) is 0 Å². The van der Waals surface area contributed by atoms with Crippen molar-refractivity contribution in [2.45, 2.75) is 26.7 Å². The standard InChI is InChI=1S/C15H18BrN3O/c1-9(2)11-5-7-12(8-6-11)17-15(20)14-13(16)10(3)19(4)18-14/h5-9H,1-4H3,(H,17,20). The fourth-order valence-corrected chi connectivity index (χ4v) is 2.39. The summed E-state index contributed by atoms with van der Waals surface area (Å²) in [6.45, 7) is 6.19. The zero-order valence-electron chi connectivity index (χ0n) is 12.1. The molecule has 2 rings (SSSR count). The Morgan fingerprint density at radius 3 is 2.35 bits per heavy atom. The Morgan fingerprint density at radius 2 is 1.90 bits per heavy atom. The second-order valence-corrected chi connectivity index (χ2v) is 5.90. The lowest BCUT2D eigenvalue weighted by Crippen LogP contribution is -2.13. The summed E-state index contributed by atoms with van der Waals surface area (Å²) in [5.41, 5.74) is 3.34. The van der Waals surface area contributed by atoms with E-state index >= 15 is 0 Å². The van der Waals surface area contributed by atoms with Crippen molar-refractivity contribution < 1.29 is 4.79 Å². The van der Waals surface area contributed by atoms with E-state index in [2.05, 4.69) is 40.2 Å². The molecular formula is C15H18BrN3O. The molecule has 2 aromatic rings. The van der Waals surface area contributed by atoms with Gasteiger partial charge in [0.25, 0.3) is 5.91 Å². The van der Waals surface area contributed by atoms with Crippen molar-refractivity contribution in [3.8, 4) is 0 Å². The molecule has 0 bridgehead atoms. The van der Waals surface area contributed by atoms with E-state index in [1.807, 2.05) is 38.2 Å². The number of amides is 1. The van der Waals surface area contributed by atoms with Gasteiger partial charge in [-0.25, -0.2) is 0 Å². The van der Waals surface area contributed by atoms with Crippen molar-refractivity contribution in [3.05, 3.63) is 45.7 Å². The molecule has 1 aromatic carbocycles. The van der Waals surface area contributed by atoms with Gasteiger partial charge in [-0.3, -0.25) is 9.48 Å². The molecule has 0 atom stereocenters. The molecule has 0 aliphatic rings. The average Bonchev–Trinajstić information content (AvgIpc) is 2.67. The molecule has 1 aromatic heterocycles. The van der Waals surface area contributed by atoms with E-state index in [1.165, 1.54) is 5.56 Å². The molecule has 106 valence electrons. The van der Waals surface area contributed by atoms with Gasteiger partial charge in [-0.2, -0.15) is 5.10 Å². The Morgan fingerprint density at radius 1 is 1.30 bits per heavy atom. The minimum Gasteiger partial charge on any atom is -0.321 e. The number of benzene rings is 1. The zero-order valence-corrected chi connectivity index (χ0v) is 13.7. The van der Waals surface area contributed by atoms with E-state index in [-0.39, 0.29) is 5.91 Å². The molecule has 1 amide bonds. The third-order valence-electron chi connectivity index (χ3n) is 3.31. The fraction of sp³-hybridized carbons (Fsp3) is 0.333. The molecule has 20 heavy (non-hydrogen) atoms. The highest BCUT2D eigenvalue weighted by Gasteiger charge is 2.17. The van der Waals surface area contributed by atoms with Gasteiger partial charge in [-0.05, 0) is 46.5 Å². The Balaban J connectivity index is 2.17. The SMILES string of the molecule is Cc1c(Br)c(C(=O)Nc2ccc(C(C)C)cc2)nn1C. The van der Waals surface area contributed by atoms with Crippen molar-refractivity contribution in [3.63, 3.8) is 0 Å². The van der Waals surface area contributed by atoms with E-state index in [0.29, 0.717) is 11.6 Å². The highest BCUT2D eigenvalue weighted by atomic mass is 79.9. The summed E-state index contributed by atoms with van der Waals surface area (Å²) in [5.74, 6) is 0.269. The number of anilines is 1. The summed E-state index contributed by atoms with van der Waals surface area (Å²) in [5, 5.41) is 7.07. The van der Waals surface area contributed by atoms with Crippen LogP contribution in [0.25, 0.3) is 0 Å². The van der Waals surface area contributed by atoms with Crippen molar-refractivity contribution in [2.24, 2.45) is 7.05 Å². The van der Waals surface area contributed by atoms with Crippen molar-refractivity contribution >= 4 is 27.5 Å². The molecule has 0 spiro atoms. The maximum atomic E-state index is 12.2. The molecule has 4 nitrogen and oxygen atoms in total. The van der Waals surface area contributed by atoms with E-state index in [9.17, 15) is 4.79 Å². The summed E-state index contributed by atoms with van der Waals surface area (Å²) < 4.78 is 2.41. The van der Waals surface area contributed by atoms with Crippen LogP contribution in [0.3, 0.4) is 0 Å². The predicted octanol–water partition coefficient (Wildman–Crippen LogP) is 3.87. The third-order valence-corrected chi connectivity index (χ3v) is 4.26. The molecular weight excluding hydrogens is 318 g/mol. The van der Waals surface area contributed by atoms with Gasteiger partial charge in [0.05, 0.1) is 10.2 Å². The first-order valence-electron chi connectivity index (χ1n) is 6.50. The number of hydrogen-bond acceptors (Lipinski definition) is 2. The number of hydrogen-bond donors (Lipinski definition) is 1. The second kappa shape index (κ2) is 5.79. The number of nitrogens with one attached hydrogen (secondary N) is 1. The van der Waals surface area contributed by atoms with Crippen LogP contribution in [0.2, 0.25) is 0 Å². The molecule has 0 fully saturated rings. The minimum atomic E-state index is -0.210. The van der Waals surface area contributed by atoms with E-state index < -0.39 is 0 Å². The van der Waals surface area contributed by atoms with Gasteiger partial charge in [-0.1, -0.05) is 26.0 Å². The number of aromatic nitrogens is 2. The van der Waals surface area contributed by atoms with Crippen LogP contribution in [0, 0.1) is 6.92 Å². The predicted molar refractivity (Wildman–Crippen MR) is 84.1 cm³/mol. The van der Waals surface area contributed by atoms with Gasteiger partial charge in [0.1, 0.15) is 0 Å². The topological polar surface area (TPSA) is 46.9 Å². The molecule has 5 heteroatoms. The van der Waals surface area contributed by atoms with Gasteiger partial charge < -0.3 is 5.32 Å². The first kappa shape index (κ1) is 14.8. The second-order valence-electron chi connectivity index (χ2n) is 5.10. The first-order valence-corrected chi connectivity index (χ1v) is 7.30. The lowest BCUT2D eigenvalue weighted by molar-refractivity contribution is 0.102. The summed E-state index contributed by atoms with van der Waals surface area (Å²) in [6.07, 6.45) is 0. The van der Waals surface area contributed by atoms with E-state index in [0.717, 1.165) is 15.9 Å². The van der Waals surface area contributed by atoms with E-state index in [1.54, 1.807) is 4.68 Å².